The van der Waals surface area contributed by atoms with E-state index in [0.717, 1.165) is 22.1 Å². The Morgan fingerprint density at radius 2 is 1.83 bits per heavy atom. The summed E-state index contributed by atoms with van der Waals surface area (Å²) in [7, 11) is 4.06. The monoisotopic (exact) mass is 372 g/mol. The zero-order chi connectivity index (χ0) is 16.6. The highest BCUT2D eigenvalue weighted by Gasteiger charge is 2.36. The van der Waals surface area contributed by atoms with Crippen molar-refractivity contribution in [2.45, 2.75) is 19.3 Å². The second-order valence-electron chi connectivity index (χ2n) is 6.10. The second-order valence-corrected chi connectivity index (χ2v) is 7.02. The molecular formula is C19H21BrN2O. The number of benzene rings is 2. The molecule has 1 aliphatic rings. The number of anilines is 2. The molecule has 0 radical (unpaired) electrons. The number of fused-ring (bicyclic) bond motifs is 1. The van der Waals surface area contributed by atoms with Gasteiger partial charge in [0.05, 0.1) is 5.92 Å². The predicted molar refractivity (Wildman–Crippen MR) is 99.4 cm³/mol. The van der Waals surface area contributed by atoms with Gasteiger partial charge < -0.3 is 9.80 Å². The number of likely N-dealkylation sites (N-methyl/N-ethyl adjacent to an activating group) is 1. The van der Waals surface area contributed by atoms with Crippen molar-refractivity contribution in [3.63, 3.8) is 0 Å². The van der Waals surface area contributed by atoms with Crippen molar-refractivity contribution >= 4 is 33.2 Å². The van der Waals surface area contributed by atoms with Crippen molar-refractivity contribution in [2.75, 3.05) is 30.4 Å². The largest absolute Gasteiger partial charge is 0.378 e. The average Bonchev–Trinajstić information content (AvgIpc) is 2.79. The molecule has 0 fully saturated rings. The topological polar surface area (TPSA) is 23.6 Å². The highest BCUT2D eigenvalue weighted by Crippen LogP contribution is 2.40. The molecule has 2 aromatic carbocycles. The molecule has 0 saturated heterocycles. The quantitative estimate of drug-likeness (QED) is 0.802. The van der Waals surface area contributed by atoms with Gasteiger partial charge >= 0.3 is 0 Å². The number of halogens is 1. The number of hydrogen-bond acceptors (Lipinski definition) is 2. The summed E-state index contributed by atoms with van der Waals surface area (Å²) in [5, 5.41) is 0. The van der Waals surface area contributed by atoms with E-state index in [0.29, 0.717) is 6.54 Å². The van der Waals surface area contributed by atoms with Crippen molar-refractivity contribution in [1.82, 2.24) is 0 Å². The molecule has 1 heterocycles. The molecule has 0 bridgehead atoms. The van der Waals surface area contributed by atoms with Crippen LogP contribution in [0.25, 0.3) is 0 Å². The maximum atomic E-state index is 12.8. The summed E-state index contributed by atoms with van der Waals surface area (Å²) in [4.78, 5) is 16.8. The summed E-state index contributed by atoms with van der Waals surface area (Å²) in [6.07, 6.45) is 0.743. The summed E-state index contributed by atoms with van der Waals surface area (Å²) in [6.45, 7) is 2.74. The molecule has 0 aliphatic carbocycles. The molecule has 0 unspecified atom stereocenters. The van der Waals surface area contributed by atoms with Gasteiger partial charge in [-0.3, -0.25) is 4.79 Å². The zero-order valence-electron chi connectivity index (χ0n) is 13.7. The molecule has 1 atom stereocenters. The van der Waals surface area contributed by atoms with E-state index in [9.17, 15) is 4.79 Å². The Morgan fingerprint density at radius 1 is 1.13 bits per heavy atom. The van der Waals surface area contributed by atoms with E-state index >= 15 is 0 Å². The van der Waals surface area contributed by atoms with Gasteiger partial charge in [0, 0.05) is 36.5 Å². The number of amides is 1. The molecule has 4 heteroatoms. The van der Waals surface area contributed by atoms with Crippen LogP contribution in [0.1, 0.15) is 24.0 Å². The smallest absolute Gasteiger partial charge is 0.234 e. The summed E-state index contributed by atoms with van der Waals surface area (Å²) >= 11 is 3.53. The van der Waals surface area contributed by atoms with Gasteiger partial charge in [0.1, 0.15) is 0 Å². The number of carbonyl (C=O) groups excluding carboxylic acids is 1. The fraction of sp³-hybridized carbons (Fsp3) is 0.316. The second kappa shape index (κ2) is 6.36. The van der Waals surface area contributed by atoms with Crippen molar-refractivity contribution in [2.24, 2.45) is 0 Å². The maximum Gasteiger partial charge on any atom is 0.234 e. The van der Waals surface area contributed by atoms with Gasteiger partial charge in [-0.15, -0.1) is 0 Å². The van der Waals surface area contributed by atoms with Gasteiger partial charge in [-0.25, -0.2) is 0 Å². The molecule has 1 aliphatic heterocycles. The van der Waals surface area contributed by atoms with Crippen LogP contribution in [0.3, 0.4) is 0 Å². The lowest BCUT2D eigenvalue weighted by atomic mass is 9.93. The van der Waals surface area contributed by atoms with Gasteiger partial charge in [0.25, 0.3) is 0 Å². The Morgan fingerprint density at radius 3 is 2.43 bits per heavy atom. The summed E-state index contributed by atoms with van der Waals surface area (Å²) in [5.74, 6) is 0.116. The standard InChI is InChI=1S/C19H21BrN2O/c1-4-22-18-10-7-14(20)12-16(18)17(19(22)23)11-13-5-8-15(9-6-13)21(2)3/h5-10,12,17H,4,11H2,1-3H3/t17-/m1/s1. The average molecular weight is 373 g/mol. The lowest BCUT2D eigenvalue weighted by Gasteiger charge is -2.16. The third kappa shape index (κ3) is 3.00. The molecule has 0 aromatic heterocycles. The van der Waals surface area contributed by atoms with Crippen molar-refractivity contribution in [3.8, 4) is 0 Å². The van der Waals surface area contributed by atoms with E-state index < -0.39 is 0 Å². The first-order valence-electron chi connectivity index (χ1n) is 7.88. The van der Waals surface area contributed by atoms with Gasteiger partial charge in [0.15, 0.2) is 0 Å². The minimum atomic E-state index is -0.0901. The van der Waals surface area contributed by atoms with E-state index in [2.05, 4.69) is 51.2 Å². The van der Waals surface area contributed by atoms with Crippen LogP contribution in [0.2, 0.25) is 0 Å². The molecule has 0 spiro atoms. The third-order valence-electron chi connectivity index (χ3n) is 4.43. The fourth-order valence-corrected chi connectivity index (χ4v) is 3.56. The molecule has 1 amide bonds. The molecular weight excluding hydrogens is 352 g/mol. The Bertz CT molecular complexity index is 725. The molecule has 0 N–H and O–H groups in total. The first-order valence-corrected chi connectivity index (χ1v) is 8.67. The molecule has 2 aromatic rings. The molecule has 120 valence electrons. The predicted octanol–water partition coefficient (Wildman–Crippen LogP) is 4.21. The normalized spacial score (nSPS) is 16.6. The Hall–Kier alpha value is -1.81. The van der Waals surface area contributed by atoms with Gasteiger partial charge in [-0.1, -0.05) is 28.1 Å². The molecule has 23 heavy (non-hydrogen) atoms. The van der Waals surface area contributed by atoms with E-state index in [4.69, 9.17) is 0 Å². The van der Waals surface area contributed by atoms with Crippen LogP contribution >= 0.6 is 15.9 Å². The van der Waals surface area contributed by atoms with Crippen LogP contribution in [0, 0.1) is 0 Å². The van der Waals surface area contributed by atoms with E-state index in [1.807, 2.05) is 38.1 Å². The Balaban J connectivity index is 1.91. The van der Waals surface area contributed by atoms with Crippen LogP contribution < -0.4 is 9.80 Å². The van der Waals surface area contributed by atoms with Crippen LogP contribution in [-0.4, -0.2) is 26.5 Å². The van der Waals surface area contributed by atoms with E-state index in [1.165, 1.54) is 11.3 Å². The summed E-state index contributed by atoms with van der Waals surface area (Å²) < 4.78 is 1.02. The summed E-state index contributed by atoms with van der Waals surface area (Å²) in [5.41, 5.74) is 4.54. The first-order chi connectivity index (χ1) is 11.0. The Kier molecular flexibility index (Phi) is 4.44. The number of hydrogen-bond donors (Lipinski definition) is 0. The van der Waals surface area contributed by atoms with Crippen LogP contribution in [0.5, 0.6) is 0 Å². The van der Waals surface area contributed by atoms with Gasteiger partial charge in [-0.05, 0) is 54.8 Å². The highest BCUT2D eigenvalue weighted by atomic mass is 79.9. The van der Waals surface area contributed by atoms with Crippen molar-refractivity contribution in [3.05, 3.63) is 58.1 Å². The van der Waals surface area contributed by atoms with Crippen molar-refractivity contribution < 1.29 is 4.79 Å². The molecule has 0 saturated carbocycles. The van der Waals surface area contributed by atoms with Crippen LogP contribution in [0.4, 0.5) is 11.4 Å². The Labute approximate surface area is 146 Å². The fourth-order valence-electron chi connectivity index (χ4n) is 3.18. The lowest BCUT2D eigenvalue weighted by molar-refractivity contribution is -0.119. The van der Waals surface area contributed by atoms with Crippen LogP contribution in [-0.2, 0) is 11.2 Å². The lowest BCUT2D eigenvalue weighted by Crippen LogP contribution is -2.29. The van der Waals surface area contributed by atoms with Crippen LogP contribution in [0.15, 0.2) is 46.9 Å². The number of carbonyl (C=O) groups is 1. The first kappa shape index (κ1) is 16.1. The van der Waals surface area contributed by atoms with Gasteiger partial charge in [0.2, 0.25) is 5.91 Å². The van der Waals surface area contributed by atoms with Gasteiger partial charge in [-0.2, -0.15) is 0 Å². The minimum absolute atomic E-state index is 0.0901. The third-order valence-corrected chi connectivity index (χ3v) is 4.92. The van der Waals surface area contributed by atoms with Crippen molar-refractivity contribution in [1.29, 1.82) is 0 Å². The van der Waals surface area contributed by atoms with E-state index in [-0.39, 0.29) is 11.8 Å². The maximum absolute atomic E-state index is 12.8. The van der Waals surface area contributed by atoms with E-state index in [1.54, 1.807) is 0 Å². The number of rotatable bonds is 4. The minimum Gasteiger partial charge on any atom is -0.378 e. The SMILES string of the molecule is CCN1C(=O)[C@H](Cc2ccc(N(C)C)cc2)c2cc(Br)ccc21. The number of nitrogens with zero attached hydrogens (tertiary/aromatic N) is 2. The molecule has 3 nitrogen and oxygen atoms in total. The zero-order valence-corrected chi connectivity index (χ0v) is 15.3. The summed E-state index contributed by atoms with van der Waals surface area (Å²) in [6, 6.07) is 14.6. The highest BCUT2D eigenvalue weighted by molar-refractivity contribution is 9.10. The molecule has 3 rings (SSSR count).